The zero-order valence-corrected chi connectivity index (χ0v) is 22.1. The maximum absolute atomic E-state index is 13.0. The van der Waals surface area contributed by atoms with E-state index in [9.17, 15) is 19.8 Å². The molecule has 5 aliphatic rings. The predicted octanol–water partition coefficient (Wildman–Crippen LogP) is 6.27. The van der Waals surface area contributed by atoms with Crippen LogP contribution >= 0.6 is 0 Å². The second kappa shape index (κ2) is 7.43. The third-order valence-corrected chi connectivity index (χ3v) is 13.4. The second-order valence-electron chi connectivity index (χ2n) is 14.1. The molecule has 0 aromatic rings. The number of aliphatic hydroxyl groups is 1. The van der Waals surface area contributed by atoms with Crippen LogP contribution in [0.15, 0.2) is 12.2 Å². The van der Waals surface area contributed by atoms with Gasteiger partial charge in [-0.05, 0) is 111 Å². The lowest BCUT2D eigenvalue weighted by Gasteiger charge is -2.72. The zero-order chi connectivity index (χ0) is 24.9. The van der Waals surface area contributed by atoms with Gasteiger partial charge in [0, 0.05) is 6.42 Å². The van der Waals surface area contributed by atoms with Gasteiger partial charge in [-0.1, -0.05) is 39.8 Å². The van der Waals surface area contributed by atoms with E-state index in [0.717, 1.165) is 57.8 Å². The smallest absolute Gasteiger partial charge is 0.309 e. The molecular weight excluding hydrogens is 424 g/mol. The minimum atomic E-state index is -0.617. The van der Waals surface area contributed by atoms with E-state index in [2.05, 4.69) is 34.3 Å². The average molecular weight is 471 g/mol. The van der Waals surface area contributed by atoms with Crippen molar-refractivity contribution < 1.29 is 19.8 Å². The molecule has 0 aromatic carbocycles. The van der Waals surface area contributed by atoms with Crippen LogP contribution in [0.25, 0.3) is 0 Å². The van der Waals surface area contributed by atoms with Crippen molar-refractivity contribution >= 4 is 11.8 Å². The Morgan fingerprint density at radius 1 is 0.941 bits per heavy atom. The fourth-order valence-electron chi connectivity index (χ4n) is 11.3. The van der Waals surface area contributed by atoms with Crippen molar-refractivity contribution in [3.8, 4) is 0 Å². The number of hydrogen-bond acceptors (Lipinski definition) is 3. The maximum atomic E-state index is 13.0. The van der Waals surface area contributed by atoms with Gasteiger partial charge in [-0.3, -0.25) is 9.59 Å². The quantitative estimate of drug-likeness (QED) is 0.477. The first kappa shape index (κ1) is 24.5. The largest absolute Gasteiger partial charge is 0.481 e. The molecule has 190 valence electrons. The molecule has 0 aliphatic heterocycles. The minimum absolute atomic E-state index is 0.0427. The highest BCUT2D eigenvalue weighted by Crippen LogP contribution is 2.77. The number of allylic oxidation sites excluding steroid dienone is 1. The molecule has 10 atom stereocenters. The number of carboxylic acids is 1. The molecule has 0 spiro atoms. The van der Waals surface area contributed by atoms with E-state index < -0.39 is 16.8 Å². The molecule has 0 saturated heterocycles. The molecule has 4 nitrogen and oxygen atoms in total. The van der Waals surface area contributed by atoms with Crippen molar-refractivity contribution in [3.05, 3.63) is 12.2 Å². The van der Waals surface area contributed by atoms with Crippen molar-refractivity contribution in [1.29, 1.82) is 0 Å². The van der Waals surface area contributed by atoms with Gasteiger partial charge in [0.1, 0.15) is 5.78 Å². The van der Waals surface area contributed by atoms with Gasteiger partial charge in [-0.15, -0.1) is 0 Å². The molecule has 4 heteroatoms. The summed E-state index contributed by atoms with van der Waals surface area (Å²) in [5.41, 5.74) is 0.257. The van der Waals surface area contributed by atoms with Gasteiger partial charge < -0.3 is 10.2 Å². The van der Waals surface area contributed by atoms with Gasteiger partial charge in [0.15, 0.2) is 0 Å². The van der Waals surface area contributed by atoms with Gasteiger partial charge in [0.05, 0.1) is 17.4 Å². The van der Waals surface area contributed by atoms with Gasteiger partial charge >= 0.3 is 5.97 Å². The molecule has 34 heavy (non-hydrogen) atoms. The Morgan fingerprint density at radius 3 is 2.26 bits per heavy atom. The maximum Gasteiger partial charge on any atom is 0.309 e. The number of Topliss-reactive ketones (excluding diaryl/α,β-unsaturated/α-hetero) is 1. The molecule has 7 unspecified atom stereocenters. The average Bonchev–Trinajstić information content (AvgIpc) is 3.18. The van der Waals surface area contributed by atoms with E-state index in [-0.39, 0.29) is 40.5 Å². The van der Waals surface area contributed by atoms with Gasteiger partial charge in [0.25, 0.3) is 0 Å². The fraction of sp³-hybridized carbons (Fsp3) is 0.867. The topological polar surface area (TPSA) is 74.6 Å². The van der Waals surface area contributed by atoms with Crippen LogP contribution in [0.1, 0.15) is 98.8 Å². The summed E-state index contributed by atoms with van der Waals surface area (Å²) < 4.78 is 0. The Hall–Kier alpha value is -1.16. The molecule has 0 amide bonds. The van der Waals surface area contributed by atoms with Crippen LogP contribution in [0.4, 0.5) is 0 Å². The second-order valence-corrected chi connectivity index (χ2v) is 14.1. The molecular formula is C30H46O4. The summed E-state index contributed by atoms with van der Waals surface area (Å²) in [6, 6.07) is 0. The van der Waals surface area contributed by atoms with Crippen molar-refractivity contribution in [3.63, 3.8) is 0 Å². The molecule has 0 bridgehead atoms. The summed E-state index contributed by atoms with van der Waals surface area (Å²) in [4.78, 5) is 25.7. The number of fused-ring (bicyclic) bond motifs is 7. The standard InChI is InChI=1S/C30H46O4/c1-18(2)19-9-14-30(25(33)34)16-15-28(5)20(24(19)30)7-8-22-26(3)12-11-23(32)27(4,17-31)21(26)10-13-29(22,28)6/h19-22,24,31H,1,7-17H2,2-6H3,(H,33,34)/t19?,20?,21?,22?,24?,26-,27-,28+,29?,30?/m0/s1. The van der Waals surface area contributed by atoms with E-state index in [0.29, 0.717) is 24.2 Å². The molecule has 5 aliphatic carbocycles. The summed E-state index contributed by atoms with van der Waals surface area (Å²) in [5, 5.41) is 20.8. The summed E-state index contributed by atoms with van der Waals surface area (Å²) in [7, 11) is 0. The van der Waals surface area contributed by atoms with Crippen molar-refractivity contribution in [1.82, 2.24) is 0 Å². The van der Waals surface area contributed by atoms with Crippen LogP contribution in [0, 0.1) is 56.7 Å². The minimum Gasteiger partial charge on any atom is -0.481 e. The number of carboxylic acid groups (broad SMARTS) is 1. The van der Waals surface area contributed by atoms with Crippen LogP contribution in [0.2, 0.25) is 0 Å². The zero-order valence-electron chi connectivity index (χ0n) is 22.1. The lowest BCUT2D eigenvalue weighted by Crippen LogP contribution is -2.67. The Morgan fingerprint density at radius 2 is 1.65 bits per heavy atom. The van der Waals surface area contributed by atoms with Crippen LogP contribution in [0.3, 0.4) is 0 Å². The van der Waals surface area contributed by atoms with E-state index in [1.807, 2.05) is 6.92 Å². The van der Waals surface area contributed by atoms with Crippen LogP contribution in [-0.4, -0.2) is 28.6 Å². The van der Waals surface area contributed by atoms with E-state index in [1.54, 1.807) is 0 Å². The highest BCUT2D eigenvalue weighted by Gasteiger charge is 2.72. The predicted molar refractivity (Wildman–Crippen MR) is 133 cm³/mol. The van der Waals surface area contributed by atoms with E-state index >= 15 is 0 Å². The van der Waals surface area contributed by atoms with Crippen molar-refractivity contribution in [2.75, 3.05) is 6.61 Å². The highest BCUT2D eigenvalue weighted by molar-refractivity contribution is 5.86. The number of aliphatic hydroxyl groups excluding tert-OH is 1. The fourth-order valence-corrected chi connectivity index (χ4v) is 11.3. The monoisotopic (exact) mass is 470 g/mol. The number of carbonyl (C=O) groups excluding carboxylic acids is 1. The molecule has 0 heterocycles. The first-order chi connectivity index (χ1) is 15.8. The summed E-state index contributed by atoms with van der Waals surface area (Å²) in [5.74, 6) is 1.35. The van der Waals surface area contributed by atoms with Crippen LogP contribution in [-0.2, 0) is 9.59 Å². The summed E-state index contributed by atoms with van der Waals surface area (Å²) >= 11 is 0. The number of rotatable bonds is 3. The molecule has 5 saturated carbocycles. The molecule has 0 radical (unpaired) electrons. The highest BCUT2D eigenvalue weighted by atomic mass is 16.4. The SMILES string of the molecule is C=C(C)C1CCC2(C(=O)O)CC[C@]3(C)C(CCC4C3(C)CCC3[C@]4(C)CCC(=O)[C@@]3(C)CO)C12. The Labute approximate surface area is 206 Å². The third-order valence-electron chi connectivity index (χ3n) is 13.4. The number of hydrogen-bond donors (Lipinski definition) is 2. The summed E-state index contributed by atoms with van der Waals surface area (Å²) in [6.07, 6.45) is 9.35. The normalized spacial score (nSPS) is 54.4. The van der Waals surface area contributed by atoms with Gasteiger partial charge in [-0.2, -0.15) is 0 Å². The molecule has 0 aromatic heterocycles. The van der Waals surface area contributed by atoms with Crippen LogP contribution < -0.4 is 0 Å². The number of aliphatic carboxylic acids is 1. The Bertz CT molecular complexity index is 925. The lowest BCUT2D eigenvalue weighted by atomic mass is 9.32. The van der Waals surface area contributed by atoms with Crippen molar-refractivity contribution in [2.24, 2.45) is 56.7 Å². The molecule has 5 fully saturated rings. The first-order valence-corrected chi connectivity index (χ1v) is 13.8. The van der Waals surface area contributed by atoms with Crippen LogP contribution in [0.5, 0.6) is 0 Å². The Kier molecular flexibility index (Phi) is 5.36. The number of ketones is 1. The lowest BCUT2D eigenvalue weighted by molar-refractivity contribution is -0.238. The van der Waals surface area contributed by atoms with E-state index in [4.69, 9.17) is 0 Å². The summed E-state index contributed by atoms with van der Waals surface area (Å²) in [6.45, 7) is 15.9. The Balaban J connectivity index is 1.57. The molecule has 5 rings (SSSR count). The molecule has 2 N–H and O–H groups in total. The van der Waals surface area contributed by atoms with Gasteiger partial charge in [-0.25, -0.2) is 0 Å². The number of carbonyl (C=O) groups is 2. The van der Waals surface area contributed by atoms with Gasteiger partial charge in [0.2, 0.25) is 0 Å². The van der Waals surface area contributed by atoms with Crippen molar-refractivity contribution in [2.45, 2.75) is 98.8 Å². The first-order valence-electron chi connectivity index (χ1n) is 13.8. The van der Waals surface area contributed by atoms with E-state index in [1.165, 1.54) is 5.57 Å². The third kappa shape index (κ3) is 2.70.